The minimum Gasteiger partial charge on any atom is -0.452 e. The lowest BCUT2D eigenvalue weighted by Gasteiger charge is -2.26. The van der Waals surface area contributed by atoms with Gasteiger partial charge in [-0.25, -0.2) is 4.79 Å². The van der Waals surface area contributed by atoms with Crippen LogP contribution in [0, 0.1) is 0 Å². The quantitative estimate of drug-likeness (QED) is 0.652. The highest BCUT2D eigenvalue weighted by Gasteiger charge is 2.23. The molecule has 0 amide bonds. The molecule has 0 aliphatic rings. The fourth-order valence-corrected chi connectivity index (χ4v) is 2.53. The van der Waals surface area contributed by atoms with E-state index < -0.39 is 12.1 Å². The maximum Gasteiger partial charge on any atom is 0.330 e. The summed E-state index contributed by atoms with van der Waals surface area (Å²) in [6.45, 7) is 7.43. The summed E-state index contributed by atoms with van der Waals surface area (Å²) >= 11 is 0. The maximum atomic E-state index is 11.3. The van der Waals surface area contributed by atoms with Crippen LogP contribution < -0.4 is 0 Å². The van der Waals surface area contributed by atoms with Crippen LogP contribution in [0.4, 0.5) is 0 Å². The van der Waals surface area contributed by atoms with E-state index in [4.69, 9.17) is 4.74 Å². The number of carbonyl (C=O) groups excluding carboxylic acids is 1. The molecule has 1 N–H and O–H groups in total. The Hall–Kier alpha value is -2.39. The number of esters is 1. The summed E-state index contributed by atoms with van der Waals surface area (Å²) in [5.74, 6) is -0.544. The molecule has 3 heteroatoms. The van der Waals surface area contributed by atoms with Crippen LogP contribution in [-0.2, 0) is 14.9 Å². The second-order valence-electron chi connectivity index (χ2n) is 5.93. The zero-order chi connectivity index (χ0) is 16.9. The van der Waals surface area contributed by atoms with Gasteiger partial charge in [0.05, 0.1) is 6.61 Å². The summed E-state index contributed by atoms with van der Waals surface area (Å²) in [5, 5.41) is 9.42. The van der Waals surface area contributed by atoms with Gasteiger partial charge in [-0.1, -0.05) is 75.0 Å². The van der Waals surface area contributed by atoms with Gasteiger partial charge in [0.15, 0.2) is 6.10 Å². The molecule has 0 fully saturated rings. The highest BCUT2D eigenvalue weighted by Crippen LogP contribution is 2.32. The molecule has 0 aliphatic heterocycles. The average Bonchev–Trinajstić information content (AvgIpc) is 2.60. The fraction of sp³-hybridized carbons (Fsp3) is 0.250. The Morgan fingerprint density at radius 1 is 1.13 bits per heavy atom. The smallest absolute Gasteiger partial charge is 0.330 e. The number of aliphatic hydroxyl groups is 1. The Kier molecular flexibility index (Phi) is 5.35. The lowest BCUT2D eigenvalue weighted by atomic mass is 9.78. The average molecular weight is 310 g/mol. The first kappa shape index (κ1) is 17.0. The summed E-state index contributed by atoms with van der Waals surface area (Å²) < 4.78 is 5.14. The number of hydrogen-bond acceptors (Lipinski definition) is 3. The molecular weight excluding hydrogens is 288 g/mol. The van der Waals surface area contributed by atoms with Crippen LogP contribution in [0.2, 0.25) is 0 Å². The Morgan fingerprint density at radius 3 is 2.22 bits per heavy atom. The lowest BCUT2D eigenvalue weighted by molar-refractivity contribution is -0.145. The van der Waals surface area contributed by atoms with Crippen molar-refractivity contribution >= 4 is 5.97 Å². The summed E-state index contributed by atoms with van der Waals surface area (Å²) in [7, 11) is 0. The van der Waals surface area contributed by atoms with Crippen molar-refractivity contribution in [1.29, 1.82) is 0 Å². The van der Waals surface area contributed by atoms with Gasteiger partial charge in [-0.05, 0) is 16.7 Å². The van der Waals surface area contributed by atoms with E-state index in [2.05, 4.69) is 32.6 Å². The predicted molar refractivity (Wildman–Crippen MR) is 91.1 cm³/mol. The second kappa shape index (κ2) is 7.25. The molecule has 0 saturated carbocycles. The van der Waals surface area contributed by atoms with Gasteiger partial charge in [0.2, 0.25) is 0 Å². The first-order valence-electron chi connectivity index (χ1n) is 7.59. The van der Waals surface area contributed by atoms with Gasteiger partial charge < -0.3 is 9.84 Å². The molecule has 1 unspecified atom stereocenters. The van der Waals surface area contributed by atoms with Crippen LogP contribution in [0.25, 0.3) is 0 Å². The number of carbonyl (C=O) groups is 1. The van der Waals surface area contributed by atoms with E-state index in [0.717, 1.165) is 17.2 Å². The van der Waals surface area contributed by atoms with Crippen LogP contribution in [0.1, 0.15) is 36.6 Å². The largest absolute Gasteiger partial charge is 0.452 e. The van der Waals surface area contributed by atoms with Crippen molar-refractivity contribution < 1.29 is 14.6 Å². The Bertz CT molecular complexity index is 657. The zero-order valence-corrected chi connectivity index (χ0v) is 13.5. The lowest BCUT2D eigenvalue weighted by Crippen LogP contribution is -2.19. The van der Waals surface area contributed by atoms with Crippen molar-refractivity contribution in [2.75, 3.05) is 6.61 Å². The van der Waals surface area contributed by atoms with E-state index in [1.54, 1.807) is 0 Å². The van der Waals surface area contributed by atoms with Crippen LogP contribution in [-0.4, -0.2) is 17.7 Å². The number of ether oxygens (including phenoxy) is 1. The van der Waals surface area contributed by atoms with E-state index in [1.807, 2.05) is 42.5 Å². The van der Waals surface area contributed by atoms with Crippen molar-refractivity contribution in [2.45, 2.75) is 25.4 Å². The minimum absolute atomic E-state index is 0.133. The third-order valence-electron chi connectivity index (χ3n) is 4.09. The predicted octanol–water partition coefficient (Wildman–Crippen LogP) is 3.78. The molecule has 0 aromatic heterocycles. The van der Waals surface area contributed by atoms with Crippen LogP contribution >= 0.6 is 0 Å². The first-order valence-corrected chi connectivity index (χ1v) is 7.59. The molecule has 2 rings (SSSR count). The van der Waals surface area contributed by atoms with E-state index in [9.17, 15) is 9.90 Å². The maximum absolute atomic E-state index is 11.3. The van der Waals surface area contributed by atoms with Gasteiger partial charge in [-0.3, -0.25) is 0 Å². The van der Waals surface area contributed by atoms with Gasteiger partial charge in [0, 0.05) is 11.5 Å². The third kappa shape index (κ3) is 3.88. The van der Waals surface area contributed by atoms with Crippen LogP contribution in [0.3, 0.4) is 0 Å². The molecule has 0 bridgehead atoms. The molecule has 0 saturated heterocycles. The fourth-order valence-electron chi connectivity index (χ4n) is 2.53. The van der Waals surface area contributed by atoms with Gasteiger partial charge in [-0.15, -0.1) is 0 Å². The minimum atomic E-state index is -0.672. The van der Waals surface area contributed by atoms with Gasteiger partial charge in [-0.2, -0.15) is 0 Å². The standard InChI is InChI=1S/C20H22O3/c1-4-19(22)23-18(14-21)15-10-12-17(13-11-15)20(2,3)16-8-6-5-7-9-16/h4-13,18,21H,1,14H2,2-3H3. The Balaban J connectivity index is 2.25. The normalized spacial score (nSPS) is 12.5. The van der Waals surface area contributed by atoms with Crippen LogP contribution in [0.5, 0.6) is 0 Å². The topological polar surface area (TPSA) is 46.5 Å². The molecule has 120 valence electrons. The van der Waals surface area contributed by atoms with Crippen molar-refractivity contribution in [3.05, 3.63) is 83.9 Å². The number of benzene rings is 2. The van der Waals surface area contributed by atoms with E-state index in [0.29, 0.717) is 0 Å². The highest BCUT2D eigenvalue weighted by atomic mass is 16.5. The van der Waals surface area contributed by atoms with Crippen molar-refractivity contribution in [3.8, 4) is 0 Å². The van der Waals surface area contributed by atoms with Crippen molar-refractivity contribution in [1.82, 2.24) is 0 Å². The third-order valence-corrected chi connectivity index (χ3v) is 4.09. The van der Waals surface area contributed by atoms with Crippen molar-refractivity contribution in [2.24, 2.45) is 0 Å². The van der Waals surface area contributed by atoms with E-state index in [1.165, 1.54) is 5.56 Å². The summed E-state index contributed by atoms with van der Waals surface area (Å²) in [4.78, 5) is 11.3. The van der Waals surface area contributed by atoms with Crippen molar-refractivity contribution in [3.63, 3.8) is 0 Å². The molecule has 2 aromatic carbocycles. The SMILES string of the molecule is C=CC(=O)OC(CO)c1ccc(C(C)(C)c2ccccc2)cc1. The Morgan fingerprint density at radius 2 is 1.70 bits per heavy atom. The molecule has 0 heterocycles. The van der Waals surface area contributed by atoms with Gasteiger partial charge >= 0.3 is 5.97 Å². The van der Waals surface area contributed by atoms with Gasteiger partial charge in [0.1, 0.15) is 0 Å². The van der Waals surface area contributed by atoms with E-state index >= 15 is 0 Å². The summed E-state index contributed by atoms with van der Waals surface area (Å²) in [5.41, 5.74) is 3.01. The van der Waals surface area contributed by atoms with Crippen LogP contribution in [0.15, 0.2) is 67.3 Å². The molecule has 3 nitrogen and oxygen atoms in total. The van der Waals surface area contributed by atoms with E-state index in [-0.39, 0.29) is 12.0 Å². The molecule has 0 radical (unpaired) electrons. The summed E-state index contributed by atoms with van der Waals surface area (Å²) in [6.07, 6.45) is 0.421. The molecule has 2 aromatic rings. The first-order chi connectivity index (χ1) is 11.0. The molecule has 1 atom stereocenters. The number of hydrogen-bond donors (Lipinski definition) is 1. The number of aliphatic hydroxyl groups excluding tert-OH is 1. The molecule has 0 spiro atoms. The summed E-state index contributed by atoms with van der Waals surface area (Å²) in [6, 6.07) is 18.1. The zero-order valence-electron chi connectivity index (χ0n) is 13.5. The monoisotopic (exact) mass is 310 g/mol. The molecular formula is C20H22O3. The molecule has 0 aliphatic carbocycles. The van der Waals surface area contributed by atoms with Gasteiger partial charge in [0.25, 0.3) is 0 Å². The Labute approximate surface area is 137 Å². The number of rotatable bonds is 6. The highest BCUT2D eigenvalue weighted by molar-refractivity contribution is 5.81. The molecule has 23 heavy (non-hydrogen) atoms. The second-order valence-corrected chi connectivity index (χ2v) is 5.93.